The van der Waals surface area contributed by atoms with Crippen LogP contribution < -0.4 is 10.2 Å². The molecular formula is C26H31N3O4. The van der Waals surface area contributed by atoms with E-state index < -0.39 is 5.66 Å². The van der Waals surface area contributed by atoms with Crippen LogP contribution in [0.5, 0.6) is 0 Å². The van der Waals surface area contributed by atoms with Crippen LogP contribution in [0.2, 0.25) is 0 Å². The number of carbonyl (C=O) groups is 3. The largest absolute Gasteiger partial charge is 0.466 e. The number of rotatable bonds is 4. The van der Waals surface area contributed by atoms with Crippen LogP contribution in [0, 0.1) is 12.3 Å². The maximum atomic E-state index is 13.4. The third-order valence-electron chi connectivity index (χ3n) is 7.38. The van der Waals surface area contributed by atoms with E-state index in [9.17, 15) is 14.4 Å². The fraction of sp³-hybridized carbons (Fsp3) is 0.500. The summed E-state index contributed by atoms with van der Waals surface area (Å²) in [7, 11) is 0. The number of benzene rings is 1. The minimum Gasteiger partial charge on any atom is -0.466 e. The van der Waals surface area contributed by atoms with Gasteiger partial charge in [0.1, 0.15) is 17.2 Å². The van der Waals surface area contributed by atoms with Gasteiger partial charge in [0.15, 0.2) is 0 Å². The summed E-state index contributed by atoms with van der Waals surface area (Å²) in [5.74, 6) is 1.59. The molecule has 5 rings (SSSR count). The second kappa shape index (κ2) is 7.47. The highest BCUT2D eigenvalue weighted by molar-refractivity contribution is 6.10. The van der Waals surface area contributed by atoms with E-state index in [2.05, 4.69) is 19.2 Å². The molecule has 7 heteroatoms. The molecule has 174 valence electrons. The summed E-state index contributed by atoms with van der Waals surface area (Å²) in [6, 6.07) is 9.14. The van der Waals surface area contributed by atoms with Gasteiger partial charge < -0.3 is 14.6 Å². The molecule has 2 unspecified atom stereocenters. The molecule has 0 radical (unpaired) electrons. The van der Waals surface area contributed by atoms with Crippen molar-refractivity contribution in [1.82, 2.24) is 10.2 Å². The lowest BCUT2D eigenvalue weighted by Crippen LogP contribution is -2.62. The molecule has 2 aromatic rings. The lowest BCUT2D eigenvalue weighted by atomic mass is 9.74. The van der Waals surface area contributed by atoms with E-state index in [0.29, 0.717) is 24.1 Å². The van der Waals surface area contributed by atoms with Crippen LogP contribution in [0.4, 0.5) is 5.69 Å². The van der Waals surface area contributed by atoms with Gasteiger partial charge in [-0.2, -0.15) is 0 Å². The lowest BCUT2D eigenvalue weighted by Gasteiger charge is -2.48. The fourth-order valence-corrected chi connectivity index (χ4v) is 5.83. The Morgan fingerprint density at radius 2 is 1.97 bits per heavy atom. The molecule has 7 nitrogen and oxygen atoms in total. The number of aryl methyl sites for hydroxylation is 1. The Kier molecular flexibility index (Phi) is 4.92. The minimum absolute atomic E-state index is 0.0131. The number of furan rings is 1. The maximum absolute atomic E-state index is 13.4. The van der Waals surface area contributed by atoms with Gasteiger partial charge in [0.25, 0.3) is 5.91 Å². The summed E-state index contributed by atoms with van der Waals surface area (Å²) in [6.07, 6.45) is 2.81. The Balaban J connectivity index is 1.34. The van der Waals surface area contributed by atoms with E-state index in [1.165, 1.54) is 0 Å². The van der Waals surface area contributed by atoms with Crippen LogP contribution in [-0.2, 0) is 16.0 Å². The average Bonchev–Trinajstić information content (AvgIpc) is 3.26. The first-order valence-corrected chi connectivity index (χ1v) is 11.7. The monoisotopic (exact) mass is 449 g/mol. The van der Waals surface area contributed by atoms with Crippen LogP contribution in [0.3, 0.4) is 0 Å². The molecule has 1 N–H and O–H groups in total. The summed E-state index contributed by atoms with van der Waals surface area (Å²) in [5.41, 5.74) is 1.52. The van der Waals surface area contributed by atoms with Crippen molar-refractivity contribution in [2.45, 2.75) is 71.5 Å². The fourth-order valence-electron chi connectivity index (χ4n) is 5.83. The summed E-state index contributed by atoms with van der Waals surface area (Å²) < 4.78 is 5.88. The third kappa shape index (κ3) is 3.54. The highest BCUT2D eigenvalue weighted by Gasteiger charge is 2.52. The van der Waals surface area contributed by atoms with E-state index in [0.717, 1.165) is 29.9 Å². The Morgan fingerprint density at radius 1 is 1.21 bits per heavy atom. The van der Waals surface area contributed by atoms with E-state index in [-0.39, 0.29) is 42.1 Å². The molecule has 3 amide bonds. The summed E-state index contributed by atoms with van der Waals surface area (Å²) in [4.78, 5) is 42.6. The summed E-state index contributed by atoms with van der Waals surface area (Å²) in [5, 5.41) is 3.18. The maximum Gasteiger partial charge on any atom is 0.257 e. The van der Waals surface area contributed by atoms with Crippen LogP contribution in [-0.4, -0.2) is 34.8 Å². The minimum atomic E-state index is -0.746. The second-order valence-corrected chi connectivity index (χ2v) is 10.6. The Morgan fingerprint density at radius 3 is 2.76 bits per heavy atom. The molecule has 1 aromatic heterocycles. The van der Waals surface area contributed by atoms with Gasteiger partial charge in [-0.05, 0) is 50.3 Å². The molecule has 0 bridgehead atoms. The highest BCUT2D eigenvalue weighted by Crippen LogP contribution is 2.44. The molecule has 3 heterocycles. The van der Waals surface area contributed by atoms with Crippen molar-refractivity contribution < 1.29 is 18.8 Å². The predicted molar refractivity (Wildman–Crippen MR) is 124 cm³/mol. The number of hydrogen-bond donors (Lipinski definition) is 1. The van der Waals surface area contributed by atoms with Gasteiger partial charge >= 0.3 is 0 Å². The first-order valence-electron chi connectivity index (χ1n) is 11.7. The molecule has 1 aromatic carbocycles. The number of nitrogens with one attached hydrogen (secondary N) is 1. The van der Waals surface area contributed by atoms with Gasteiger partial charge in [0.2, 0.25) is 11.8 Å². The van der Waals surface area contributed by atoms with E-state index >= 15 is 0 Å². The van der Waals surface area contributed by atoms with Crippen LogP contribution >= 0.6 is 0 Å². The molecular weight excluding hydrogens is 418 g/mol. The number of fused-ring (bicyclic) bond motifs is 4. The number of hydrogen-bond acceptors (Lipinski definition) is 4. The van der Waals surface area contributed by atoms with Crippen molar-refractivity contribution in [3.05, 3.63) is 53.0 Å². The van der Waals surface area contributed by atoms with Crippen molar-refractivity contribution >= 4 is 23.4 Å². The Hall–Kier alpha value is -3.09. The van der Waals surface area contributed by atoms with Crippen molar-refractivity contribution in [2.75, 3.05) is 11.4 Å². The zero-order chi connectivity index (χ0) is 23.5. The SMILES string of the molecule is Cc1cc2c(o1)CC(C)(C)CC2NC(=O)CCN1C(=O)c2ccccc2N2C(=O)CCC12C. The molecule has 1 fully saturated rings. The average molecular weight is 450 g/mol. The van der Waals surface area contributed by atoms with Gasteiger partial charge in [0.05, 0.1) is 17.3 Å². The van der Waals surface area contributed by atoms with Crippen LogP contribution in [0.1, 0.15) is 79.9 Å². The molecule has 33 heavy (non-hydrogen) atoms. The highest BCUT2D eigenvalue weighted by atomic mass is 16.3. The van der Waals surface area contributed by atoms with Gasteiger partial charge in [-0.15, -0.1) is 0 Å². The lowest BCUT2D eigenvalue weighted by molar-refractivity contribution is -0.122. The smallest absolute Gasteiger partial charge is 0.257 e. The number of amides is 3. The van der Waals surface area contributed by atoms with Gasteiger partial charge in [-0.3, -0.25) is 19.3 Å². The van der Waals surface area contributed by atoms with Gasteiger partial charge in [-0.1, -0.05) is 26.0 Å². The summed E-state index contributed by atoms with van der Waals surface area (Å²) >= 11 is 0. The molecule has 0 saturated carbocycles. The van der Waals surface area contributed by atoms with Crippen molar-refractivity contribution in [1.29, 1.82) is 0 Å². The standard InChI is InChI=1S/C26H31N3O4/c1-16-13-18-19(14-25(2,3)15-21(18)33-16)27-22(30)10-12-28-24(32)17-7-5-6-8-20(17)29-23(31)9-11-26(28,29)4/h5-8,13,19H,9-12,14-15H2,1-4H3,(H,27,30). The third-order valence-corrected chi connectivity index (χ3v) is 7.38. The number of carbonyl (C=O) groups excluding carboxylic acids is 3. The van der Waals surface area contributed by atoms with Crippen molar-refractivity contribution in [3.8, 4) is 0 Å². The number of para-hydroxylation sites is 1. The molecule has 3 aliphatic rings. The van der Waals surface area contributed by atoms with Crippen LogP contribution in [0.25, 0.3) is 0 Å². The first-order chi connectivity index (χ1) is 15.6. The number of nitrogens with zero attached hydrogens (tertiary/aromatic N) is 2. The second-order valence-electron chi connectivity index (χ2n) is 10.6. The molecule has 2 atom stereocenters. The van der Waals surface area contributed by atoms with Gasteiger partial charge in [0, 0.05) is 31.4 Å². The van der Waals surface area contributed by atoms with Crippen molar-refractivity contribution in [2.24, 2.45) is 5.41 Å². The quantitative estimate of drug-likeness (QED) is 0.762. The molecule has 1 saturated heterocycles. The number of anilines is 1. The van der Waals surface area contributed by atoms with E-state index in [1.807, 2.05) is 32.0 Å². The Labute approximate surface area is 194 Å². The first kappa shape index (κ1) is 21.7. The predicted octanol–water partition coefficient (Wildman–Crippen LogP) is 4.11. The summed E-state index contributed by atoms with van der Waals surface area (Å²) in [6.45, 7) is 8.48. The Bertz CT molecular complexity index is 1150. The van der Waals surface area contributed by atoms with Gasteiger partial charge in [-0.25, -0.2) is 0 Å². The zero-order valence-electron chi connectivity index (χ0n) is 19.7. The topological polar surface area (TPSA) is 82.9 Å². The molecule has 0 spiro atoms. The molecule has 2 aliphatic heterocycles. The van der Waals surface area contributed by atoms with E-state index in [4.69, 9.17) is 4.42 Å². The zero-order valence-corrected chi connectivity index (χ0v) is 19.7. The van der Waals surface area contributed by atoms with Crippen LogP contribution in [0.15, 0.2) is 34.7 Å². The molecule has 1 aliphatic carbocycles. The van der Waals surface area contributed by atoms with Crippen molar-refractivity contribution in [3.63, 3.8) is 0 Å². The normalized spacial score (nSPS) is 25.5. The van der Waals surface area contributed by atoms with E-state index in [1.54, 1.807) is 21.9 Å².